The fourth-order valence-electron chi connectivity index (χ4n) is 17.1. The summed E-state index contributed by atoms with van der Waals surface area (Å²) < 4.78 is 55.6. The quantitative estimate of drug-likeness (QED) is 0.0167. The second kappa shape index (κ2) is 26.0. The molecular formula is C77H86N4O9S. The highest BCUT2D eigenvalue weighted by Crippen LogP contribution is 2.56. The zero-order valence-electron chi connectivity index (χ0n) is 52.1. The van der Waals surface area contributed by atoms with Crippen molar-refractivity contribution in [3.63, 3.8) is 0 Å². The number of fused-ring (bicyclic) bond motifs is 9. The molecule has 14 unspecified atom stereocenters. The van der Waals surface area contributed by atoms with E-state index in [9.17, 15) is 33.4 Å². The number of allylic oxidation sites excluding steroid dienone is 1. The first kappa shape index (κ1) is 62.5. The summed E-state index contributed by atoms with van der Waals surface area (Å²) in [4.78, 5) is 5.20. The number of aliphatic imine (C=N–C) groups is 1. The van der Waals surface area contributed by atoms with Gasteiger partial charge in [0, 0.05) is 55.0 Å². The highest BCUT2D eigenvalue weighted by Gasteiger charge is 2.51. The topological polar surface area (TPSA) is 230 Å². The summed E-state index contributed by atoms with van der Waals surface area (Å²) in [6.07, 6.45) is 7.93. The highest BCUT2D eigenvalue weighted by molar-refractivity contribution is 7.86. The van der Waals surface area contributed by atoms with E-state index in [1.54, 1.807) is 12.1 Å². The average Bonchev–Trinajstić information content (AvgIpc) is 1.75. The van der Waals surface area contributed by atoms with Crippen LogP contribution < -0.4 is 21.5 Å². The predicted molar refractivity (Wildman–Crippen MR) is 357 cm³/mol. The molecule has 5 aliphatic heterocycles. The van der Waals surface area contributed by atoms with Gasteiger partial charge in [0.2, 0.25) is 5.72 Å². The molecule has 10 N–H and O–H groups in total. The van der Waals surface area contributed by atoms with Gasteiger partial charge in [0.1, 0.15) is 17.6 Å². The first-order chi connectivity index (χ1) is 43.9. The number of nitrogens with one attached hydrogen (secondary N) is 1. The van der Waals surface area contributed by atoms with Crippen molar-refractivity contribution >= 4 is 26.9 Å². The molecule has 91 heavy (non-hydrogen) atoms. The molecule has 0 radical (unpaired) electrons. The number of phenols is 1. The van der Waals surface area contributed by atoms with Gasteiger partial charge in [-0.3, -0.25) is 4.55 Å². The number of aliphatic hydroxyl groups is 3. The van der Waals surface area contributed by atoms with E-state index in [2.05, 4.69) is 103 Å². The number of nitrogens with two attached hydrogens (primary N) is 2. The molecule has 13 nitrogen and oxygen atoms in total. The maximum atomic E-state index is 14.5. The molecule has 7 aromatic carbocycles. The number of guanidine groups is 1. The molecule has 0 aromatic heterocycles. The number of hydrogen-bond acceptors (Lipinski definition) is 10. The molecule has 0 amide bonds. The number of ether oxygens (including phenoxy) is 2. The standard InChI is InChI=1S/C77H86N4O9S/c1-47-17-18-56-38-64-28-30-67(56)69(47)42-72(91(86,87)88)70-40-60-36-59(39-65-35-49(46-82)12-8-14-55-37-63(83)27-29-68(55)74(60)89-65)73(70)53-23-25-61(26-24-53)77(90-64,81-75(78)79)44-62(34-48-10-4-3-5-11-48)76(85)31-9-15-57(43-76)51-19-21-52(22-20-51)71(84)41-58-33-50(45-80-2)32-54-13-6-7-16-66(54)58/h3-7,10-11,13,16,19-30,32-33,37-38,40,47,49,57,59,62,65,69-74,80,82-85H,9,12,15,17-18,31,34-36,39,41-46H2,1-2H3,(H4,78,79,81)(H,86,87,88). The van der Waals surface area contributed by atoms with Crippen molar-refractivity contribution in [1.29, 1.82) is 0 Å². The Hall–Kier alpha value is -7.32. The van der Waals surface area contributed by atoms with Crippen LogP contribution >= 0.6 is 0 Å². The normalized spacial score (nSPS) is 28.4. The van der Waals surface area contributed by atoms with Crippen molar-refractivity contribution in [3.8, 4) is 23.3 Å². The van der Waals surface area contributed by atoms with Crippen LogP contribution in [0.2, 0.25) is 0 Å². The van der Waals surface area contributed by atoms with Crippen LogP contribution in [0, 0.1) is 41.4 Å². The van der Waals surface area contributed by atoms with E-state index >= 15 is 0 Å². The number of hydrogen-bond donors (Lipinski definition) is 8. The summed E-state index contributed by atoms with van der Waals surface area (Å²) in [7, 11) is -2.78. The summed E-state index contributed by atoms with van der Waals surface area (Å²) in [6, 6.07) is 50.6. The van der Waals surface area contributed by atoms with Crippen molar-refractivity contribution in [2.24, 2.45) is 46.0 Å². The lowest BCUT2D eigenvalue weighted by molar-refractivity contribution is -0.0834. The van der Waals surface area contributed by atoms with Gasteiger partial charge in [0.15, 0.2) is 5.96 Å². The maximum absolute atomic E-state index is 14.5. The Morgan fingerprint density at radius 3 is 2.38 bits per heavy atom. The predicted octanol–water partition coefficient (Wildman–Crippen LogP) is 12.6. The minimum Gasteiger partial charge on any atom is -0.508 e. The smallest absolute Gasteiger partial charge is 0.268 e. The number of aromatic hydroxyl groups is 1. The number of nitrogens with zero attached hydrogens (tertiary/aromatic N) is 1. The van der Waals surface area contributed by atoms with E-state index in [4.69, 9.17) is 25.9 Å². The van der Waals surface area contributed by atoms with Gasteiger partial charge in [-0.15, -0.1) is 0 Å². The second-order valence-electron chi connectivity index (χ2n) is 27.4. The van der Waals surface area contributed by atoms with E-state index in [0.29, 0.717) is 68.2 Å². The Labute approximate surface area is 535 Å². The van der Waals surface area contributed by atoms with E-state index in [1.165, 1.54) is 5.56 Å². The summed E-state index contributed by atoms with van der Waals surface area (Å²) >= 11 is 0. The zero-order chi connectivity index (χ0) is 63.2. The Kier molecular flexibility index (Phi) is 17.8. The third-order valence-electron chi connectivity index (χ3n) is 21.5. The molecule has 0 spiro atoms. The van der Waals surface area contributed by atoms with Gasteiger partial charge in [-0.25, -0.2) is 4.99 Å². The molecule has 14 atom stereocenters. The summed E-state index contributed by atoms with van der Waals surface area (Å²) in [5.41, 5.74) is 21.6. The van der Waals surface area contributed by atoms with Crippen molar-refractivity contribution in [1.82, 2.24) is 5.32 Å². The molecule has 3 aliphatic carbocycles. The van der Waals surface area contributed by atoms with Crippen molar-refractivity contribution in [2.75, 3.05) is 13.7 Å². The van der Waals surface area contributed by atoms with Crippen molar-refractivity contribution in [2.45, 2.75) is 156 Å². The monoisotopic (exact) mass is 1240 g/mol. The van der Waals surface area contributed by atoms with E-state index in [-0.39, 0.29) is 66.9 Å². The van der Waals surface area contributed by atoms with Crippen LogP contribution in [0.3, 0.4) is 0 Å². The lowest BCUT2D eigenvalue weighted by Gasteiger charge is -2.46. The van der Waals surface area contributed by atoms with Gasteiger partial charge in [-0.2, -0.15) is 8.42 Å². The average molecular weight is 1240 g/mol. The summed E-state index contributed by atoms with van der Waals surface area (Å²) in [6.45, 7) is 2.82. The Bertz CT molecular complexity index is 4030. The Morgan fingerprint density at radius 1 is 0.846 bits per heavy atom. The van der Waals surface area contributed by atoms with Crippen LogP contribution in [-0.4, -0.2) is 70.0 Å². The van der Waals surface area contributed by atoms with Gasteiger partial charge in [0.25, 0.3) is 10.1 Å². The lowest BCUT2D eigenvalue weighted by atomic mass is 9.64. The van der Waals surface area contributed by atoms with E-state index in [1.807, 2.05) is 73.8 Å². The van der Waals surface area contributed by atoms with Gasteiger partial charge >= 0.3 is 0 Å². The Morgan fingerprint density at radius 2 is 1.62 bits per heavy atom. The third-order valence-corrected chi connectivity index (χ3v) is 22.8. The van der Waals surface area contributed by atoms with Gasteiger partial charge < -0.3 is 46.7 Å². The third kappa shape index (κ3) is 13.1. The van der Waals surface area contributed by atoms with Crippen LogP contribution in [0.4, 0.5) is 0 Å². The lowest BCUT2D eigenvalue weighted by Crippen LogP contribution is -2.48. The molecule has 1 saturated carbocycles. The van der Waals surface area contributed by atoms with Crippen LogP contribution in [0.25, 0.3) is 10.8 Å². The van der Waals surface area contributed by atoms with Crippen LogP contribution in [0.15, 0.2) is 168 Å². The molecule has 8 aliphatic rings. The van der Waals surface area contributed by atoms with Crippen LogP contribution in [-0.2, 0) is 46.4 Å². The van der Waals surface area contributed by atoms with E-state index < -0.39 is 56.7 Å². The molecule has 1 saturated heterocycles. The maximum Gasteiger partial charge on any atom is 0.268 e. The van der Waals surface area contributed by atoms with E-state index in [0.717, 1.165) is 93.1 Å². The Balaban J connectivity index is 0.897. The molecule has 5 heterocycles. The van der Waals surface area contributed by atoms with Gasteiger partial charge in [-0.1, -0.05) is 146 Å². The van der Waals surface area contributed by atoms with Crippen molar-refractivity contribution in [3.05, 3.63) is 225 Å². The molecule has 474 valence electrons. The summed E-state index contributed by atoms with van der Waals surface area (Å²) in [5, 5.41) is 51.5. The molecule has 10 bridgehead atoms. The highest BCUT2D eigenvalue weighted by atomic mass is 32.2. The van der Waals surface area contributed by atoms with Crippen molar-refractivity contribution < 1.29 is 42.9 Å². The second-order valence-corrected chi connectivity index (χ2v) is 29.1. The molecular weight excluding hydrogens is 1160 g/mol. The number of rotatable bonds is 14. The van der Waals surface area contributed by atoms with Crippen LogP contribution in [0.5, 0.6) is 11.5 Å². The van der Waals surface area contributed by atoms with Gasteiger partial charge in [0.05, 0.1) is 23.1 Å². The summed E-state index contributed by atoms with van der Waals surface area (Å²) in [5.74, 6) is 4.88. The number of aliphatic hydroxyl groups excluding tert-OH is 2. The molecule has 15 rings (SSSR count). The molecule has 7 aromatic rings. The fourth-order valence-corrected chi connectivity index (χ4v) is 18.2. The van der Waals surface area contributed by atoms with Gasteiger partial charge in [-0.05, 0) is 210 Å². The zero-order valence-corrected chi connectivity index (χ0v) is 52.9. The first-order valence-electron chi connectivity index (χ1n) is 32.9. The minimum atomic E-state index is -4.72. The largest absolute Gasteiger partial charge is 0.508 e. The number of benzene rings is 7. The minimum absolute atomic E-state index is 0.000588. The SMILES string of the molecule is CNCc1cc(CC(O)c2ccc(C3CCCC(O)(C(Cc4ccccc4)CC4(N=C(N)N)Oc5ccc6c(c5)CCC(C)C6CC(S(=O)(=O)O)C5C=C6CC(CC7CC(CO)CC#Cc8cc(O)ccc8C6O7)C5c5ccc4cc5)C3)cc2)c2ccccc2c1. The first-order valence-corrected chi connectivity index (χ1v) is 34.4. The number of aryl methyl sites for hydroxylation is 1. The molecule has 14 heteroatoms. The van der Waals surface area contributed by atoms with Crippen LogP contribution in [0.1, 0.15) is 169 Å². The number of phenolic OH excluding ortho intramolecular Hbond substituents is 1. The molecule has 2 fully saturated rings. The fraction of sp³-hybridized carbons (Fsp3) is 0.416.